The van der Waals surface area contributed by atoms with Crippen molar-refractivity contribution < 1.29 is 9.13 Å². The summed E-state index contributed by atoms with van der Waals surface area (Å²) in [6, 6.07) is 9.02. The minimum atomic E-state index is -0.210. The zero-order chi connectivity index (χ0) is 18.9. The van der Waals surface area contributed by atoms with Gasteiger partial charge in [0.05, 0.1) is 25.8 Å². The molecule has 1 aliphatic heterocycles. The molecule has 2 aromatic rings. The molecule has 0 aliphatic carbocycles. The quantitative estimate of drug-likeness (QED) is 0.564. The summed E-state index contributed by atoms with van der Waals surface area (Å²) in [5.74, 6) is 0.585. The minimum Gasteiger partial charge on any atom is -0.379 e. The summed E-state index contributed by atoms with van der Waals surface area (Å²) in [6.45, 7) is 7.39. The van der Waals surface area contributed by atoms with E-state index in [-0.39, 0.29) is 11.9 Å². The van der Waals surface area contributed by atoms with E-state index in [4.69, 9.17) is 4.74 Å². The zero-order valence-corrected chi connectivity index (χ0v) is 16.5. The molecule has 3 rings (SSSR count). The summed E-state index contributed by atoms with van der Waals surface area (Å²) < 4.78 is 18.9. The van der Waals surface area contributed by atoms with Crippen LogP contribution in [-0.4, -0.2) is 50.3 Å². The highest BCUT2D eigenvalue weighted by Gasteiger charge is 2.23. The van der Waals surface area contributed by atoms with Crippen molar-refractivity contribution in [3.63, 3.8) is 0 Å². The van der Waals surface area contributed by atoms with Crippen LogP contribution in [0.5, 0.6) is 0 Å². The number of benzene rings is 1. The summed E-state index contributed by atoms with van der Waals surface area (Å²) in [5, 5.41) is 10.9. The first kappa shape index (κ1) is 19.8. The number of aliphatic imine (C=N–C) groups is 1. The Labute approximate surface area is 164 Å². The van der Waals surface area contributed by atoms with Crippen LogP contribution in [0.4, 0.5) is 4.39 Å². The van der Waals surface area contributed by atoms with Crippen molar-refractivity contribution in [2.75, 3.05) is 39.4 Å². The van der Waals surface area contributed by atoms with Gasteiger partial charge in [0.2, 0.25) is 0 Å². The first-order valence-corrected chi connectivity index (χ1v) is 10.3. The van der Waals surface area contributed by atoms with Crippen LogP contribution in [0.2, 0.25) is 0 Å². The SMILES string of the molecule is CCNC(=NCc1ccsc1)NCC(c1ccc(F)cc1)N1CCOCC1. The lowest BCUT2D eigenvalue weighted by Crippen LogP contribution is -2.46. The van der Waals surface area contributed by atoms with Crippen molar-refractivity contribution in [3.8, 4) is 0 Å². The number of hydrogen-bond acceptors (Lipinski definition) is 4. The van der Waals surface area contributed by atoms with Crippen molar-refractivity contribution in [1.29, 1.82) is 0 Å². The number of nitrogens with zero attached hydrogens (tertiary/aromatic N) is 2. The van der Waals surface area contributed by atoms with Crippen LogP contribution >= 0.6 is 11.3 Å². The molecule has 1 unspecified atom stereocenters. The van der Waals surface area contributed by atoms with E-state index in [1.54, 1.807) is 11.3 Å². The van der Waals surface area contributed by atoms with Gasteiger partial charge in [-0.3, -0.25) is 4.90 Å². The summed E-state index contributed by atoms with van der Waals surface area (Å²) in [5.41, 5.74) is 2.31. The summed E-state index contributed by atoms with van der Waals surface area (Å²) >= 11 is 1.68. The minimum absolute atomic E-state index is 0.138. The molecule has 0 radical (unpaired) electrons. The third-order valence-corrected chi connectivity index (χ3v) is 5.28. The molecule has 1 aliphatic rings. The van der Waals surface area contributed by atoms with Crippen LogP contribution in [0.25, 0.3) is 0 Å². The molecule has 0 bridgehead atoms. The number of hydrogen-bond donors (Lipinski definition) is 2. The van der Waals surface area contributed by atoms with Crippen molar-refractivity contribution in [2.45, 2.75) is 19.5 Å². The van der Waals surface area contributed by atoms with Gasteiger partial charge in [-0.05, 0) is 47.0 Å². The van der Waals surface area contributed by atoms with E-state index >= 15 is 0 Å². The fourth-order valence-electron chi connectivity index (χ4n) is 3.12. The van der Waals surface area contributed by atoms with E-state index in [1.165, 1.54) is 17.7 Å². The van der Waals surface area contributed by atoms with Gasteiger partial charge in [-0.2, -0.15) is 11.3 Å². The largest absolute Gasteiger partial charge is 0.379 e. The van der Waals surface area contributed by atoms with E-state index in [2.05, 4.69) is 44.3 Å². The Morgan fingerprint density at radius 1 is 1.22 bits per heavy atom. The molecular formula is C20H27FN4OS. The van der Waals surface area contributed by atoms with Crippen molar-refractivity contribution in [3.05, 3.63) is 58.0 Å². The lowest BCUT2D eigenvalue weighted by atomic mass is 10.0. The summed E-state index contributed by atoms with van der Waals surface area (Å²) in [6.07, 6.45) is 0. The number of rotatable bonds is 7. The zero-order valence-electron chi connectivity index (χ0n) is 15.7. The lowest BCUT2D eigenvalue weighted by molar-refractivity contribution is 0.0170. The third-order valence-electron chi connectivity index (χ3n) is 4.55. The first-order chi connectivity index (χ1) is 13.3. The highest BCUT2D eigenvalue weighted by molar-refractivity contribution is 7.07. The predicted octanol–water partition coefficient (Wildman–Crippen LogP) is 3.02. The van der Waals surface area contributed by atoms with Crippen LogP contribution in [0.15, 0.2) is 46.1 Å². The Bertz CT molecular complexity index is 699. The van der Waals surface area contributed by atoms with Gasteiger partial charge in [0, 0.05) is 26.2 Å². The number of halogens is 1. The van der Waals surface area contributed by atoms with E-state index in [9.17, 15) is 4.39 Å². The topological polar surface area (TPSA) is 48.9 Å². The Morgan fingerprint density at radius 2 is 2.00 bits per heavy atom. The Balaban J connectivity index is 1.69. The number of guanidine groups is 1. The lowest BCUT2D eigenvalue weighted by Gasteiger charge is -2.35. The van der Waals surface area contributed by atoms with Crippen LogP contribution < -0.4 is 10.6 Å². The van der Waals surface area contributed by atoms with E-state index in [0.717, 1.165) is 44.4 Å². The van der Waals surface area contributed by atoms with Crippen LogP contribution in [0.3, 0.4) is 0 Å². The van der Waals surface area contributed by atoms with E-state index in [0.29, 0.717) is 13.1 Å². The summed E-state index contributed by atoms with van der Waals surface area (Å²) in [7, 11) is 0. The molecule has 1 fully saturated rings. The van der Waals surface area contributed by atoms with Gasteiger partial charge in [-0.15, -0.1) is 0 Å². The number of nitrogens with one attached hydrogen (secondary N) is 2. The Morgan fingerprint density at radius 3 is 2.67 bits per heavy atom. The van der Waals surface area contributed by atoms with Crippen LogP contribution in [0.1, 0.15) is 24.1 Å². The second-order valence-corrected chi connectivity index (χ2v) is 7.20. The molecule has 146 valence electrons. The maximum Gasteiger partial charge on any atom is 0.191 e. The summed E-state index contributed by atoms with van der Waals surface area (Å²) in [4.78, 5) is 7.06. The molecule has 2 N–H and O–H groups in total. The van der Waals surface area contributed by atoms with Gasteiger partial charge >= 0.3 is 0 Å². The van der Waals surface area contributed by atoms with E-state index < -0.39 is 0 Å². The molecular weight excluding hydrogens is 363 g/mol. The van der Waals surface area contributed by atoms with Crippen LogP contribution in [-0.2, 0) is 11.3 Å². The fourth-order valence-corrected chi connectivity index (χ4v) is 3.78. The monoisotopic (exact) mass is 390 g/mol. The predicted molar refractivity (Wildman–Crippen MR) is 109 cm³/mol. The molecule has 1 saturated heterocycles. The average Bonchev–Trinajstić information content (AvgIpc) is 3.22. The van der Waals surface area contributed by atoms with Gasteiger partial charge in [-0.25, -0.2) is 9.38 Å². The maximum absolute atomic E-state index is 13.4. The normalized spacial score (nSPS) is 16.9. The number of ether oxygens (including phenoxy) is 1. The van der Waals surface area contributed by atoms with Crippen LogP contribution in [0, 0.1) is 5.82 Å². The first-order valence-electron chi connectivity index (χ1n) is 9.36. The van der Waals surface area contributed by atoms with Gasteiger partial charge in [0.25, 0.3) is 0 Å². The maximum atomic E-state index is 13.4. The Hall–Kier alpha value is -1.96. The van der Waals surface area contributed by atoms with Gasteiger partial charge in [0.1, 0.15) is 5.82 Å². The molecule has 1 aromatic heterocycles. The fraction of sp³-hybridized carbons (Fsp3) is 0.450. The third kappa shape index (κ3) is 6.02. The van der Waals surface area contributed by atoms with Crippen molar-refractivity contribution in [2.24, 2.45) is 4.99 Å². The van der Waals surface area contributed by atoms with Gasteiger partial charge < -0.3 is 15.4 Å². The molecule has 27 heavy (non-hydrogen) atoms. The number of morpholine rings is 1. The molecule has 0 spiro atoms. The molecule has 1 atom stereocenters. The van der Waals surface area contributed by atoms with Gasteiger partial charge in [-0.1, -0.05) is 12.1 Å². The molecule has 2 heterocycles. The second kappa shape index (κ2) is 10.4. The molecule has 7 heteroatoms. The molecule has 0 saturated carbocycles. The highest BCUT2D eigenvalue weighted by Crippen LogP contribution is 2.21. The average molecular weight is 391 g/mol. The standard InChI is InChI=1S/C20H27FN4OS/c1-2-22-20(23-13-16-7-12-27-15-16)24-14-19(25-8-10-26-11-9-25)17-3-5-18(21)6-4-17/h3-7,12,15,19H,2,8-11,13-14H2,1H3,(H2,22,23,24). The van der Waals surface area contributed by atoms with Gasteiger partial charge in [0.15, 0.2) is 5.96 Å². The Kier molecular flexibility index (Phi) is 7.62. The molecule has 5 nitrogen and oxygen atoms in total. The highest BCUT2D eigenvalue weighted by atomic mass is 32.1. The smallest absolute Gasteiger partial charge is 0.191 e. The van der Waals surface area contributed by atoms with E-state index in [1.807, 2.05) is 12.1 Å². The molecule has 0 amide bonds. The second-order valence-electron chi connectivity index (χ2n) is 6.42. The van der Waals surface area contributed by atoms with Crippen molar-refractivity contribution in [1.82, 2.24) is 15.5 Å². The number of thiophene rings is 1. The molecule has 1 aromatic carbocycles. The van der Waals surface area contributed by atoms with Crippen molar-refractivity contribution >= 4 is 17.3 Å².